The summed E-state index contributed by atoms with van der Waals surface area (Å²) in [6, 6.07) is 17.7. The highest BCUT2D eigenvalue weighted by Gasteiger charge is 2.32. The van der Waals surface area contributed by atoms with Crippen LogP contribution in [0.5, 0.6) is 23.0 Å². The lowest BCUT2D eigenvalue weighted by molar-refractivity contribution is -0.145. The zero-order valence-electron chi connectivity index (χ0n) is 25.6. The van der Waals surface area contributed by atoms with E-state index in [1.807, 2.05) is 76.2 Å². The molecule has 8 heteroatoms. The van der Waals surface area contributed by atoms with E-state index in [0.717, 1.165) is 56.0 Å². The van der Waals surface area contributed by atoms with Crippen LogP contribution in [-0.4, -0.2) is 48.1 Å². The molecule has 1 aliphatic rings. The number of aliphatic hydroxyl groups excluding tert-OH is 1. The predicted molar refractivity (Wildman–Crippen MR) is 167 cm³/mol. The fraction of sp³-hybridized carbons (Fsp3) is 0.343. The van der Waals surface area contributed by atoms with E-state index in [0.29, 0.717) is 37.9 Å². The molecule has 1 atom stereocenters. The summed E-state index contributed by atoms with van der Waals surface area (Å²) in [5.74, 6) is 1.55. The van der Waals surface area contributed by atoms with Gasteiger partial charge in [0.05, 0.1) is 6.61 Å². The van der Waals surface area contributed by atoms with Gasteiger partial charge in [0.2, 0.25) is 0 Å². The molecule has 4 rings (SSSR count). The number of aliphatic carboxylic acids is 1. The Labute approximate surface area is 253 Å². The minimum Gasteiger partial charge on any atom is -0.489 e. The van der Waals surface area contributed by atoms with Crippen LogP contribution in [0.3, 0.4) is 0 Å². The Balaban J connectivity index is 1.54. The third-order valence-electron chi connectivity index (χ3n) is 7.72. The zero-order valence-corrected chi connectivity index (χ0v) is 25.6. The summed E-state index contributed by atoms with van der Waals surface area (Å²) in [7, 11) is 0. The van der Waals surface area contributed by atoms with Gasteiger partial charge in [-0.25, -0.2) is 0 Å². The van der Waals surface area contributed by atoms with Crippen LogP contribution in [0.15, 0.2) is 72.3 Å². The molecule has 228 valence electrons. The summed E-state index contributed by atoms with van der Waals surface area (Å²) in [6.45, 7) is 15.1. The number of carbonyl (C=O) groups is 1. The summed E-state index contributed by atoms with van der Waals surface area (Å²) in [5, 5.41) is 22.2. The van der Waals surface area contributed by atoms with E-state index in [1.165, 1.54) is 6.92 Å². The van der Waals surface area contributed by atoms with Gasteiger partial charge in [-0.05, 0) is 86.2 Å². The molecule has 0 fully saturated rings. The molecule has 0 bridgehead atoms. The van der Waals surface area contributed by atoms with Crippen molar-refractivity contribution in [1.29, 1.82) is 0 Å². The average molecular weight is 588 g/mol. The van der Waals surface area contributed by atoms with Crippen LogP contribution in [-0.2, 0) is 17.9 Å². The van der Waals surface area contributed by atoms with Gasteiger partial charge in [-0.2, -0.15) is 0 Å². The highest BCUT2D eigenvalue weighted by atomic mass is 16.6. The molecule has 3 aromatic carbocycles. The van der Waals surface area contributed by atoms with Gasteiger partial charge in [0.25, 0.3) is 0 Å². The third kappa shape index (κ3) is 7.77. The lowest BCUT2D eigenvalue weighted by Gasteiger charge is -2.25. The number of hydrogen-bond acceptors (Lipinski definition) is 7. The van der Waals surface area contributed by atoms with E-state index in [4.69, 9.17) is 18.9 Å². The molecule has 0 aromatic heterocycles. The maximum absolute atomic E-state index is 11.7. The number of fused-ring (bicyclic) bond motifs is 1. The number of aliphatic hydroxyl groups is 1. The van der Waals surface area contributed by atoms with Crippen LogP contribution in [0.4, 0.5) is 0 Å². The van der Waals surface area contributed by atoms with Gasteiger partial charge in [-0.1, -0.05) is 42.5 Å². The second-order valence-electron chi connectivity index (χ2n) is 11.2. The molecule has 43 heavy (non-hydrogen) atoms. The van der Waals surface area contributed by atoms with Gasteiger partial charge in [-0.15, -0.1) is 0 Å². The van der Waals surface area contributed by atoms with Crippen molar-refractivity contribution in [2.75, 3.05) is 26.4 Å². The van der Waals surface area contributed by atoms with Crippen LogP contribution in [0.25, 0.3) is 5.57 Å². The van der Waals surface area contributed by atoms with E-state index in [9.17, 15) is 15.0 Å². The highest BCUT2D eigenvalue weighted by molar-refractivity contribution is 5.79. The summed E-state index contributed by atoms with van der Waals surface area (Å²) in [6.07, 6.45) is 0. The molecule has 0 radical (unpaired) electrons. The predicted octanol–water partition coefficient (Wildman–Crippen LogP) is 6.01. The minimum absolute atomic E-state index is 0.182. The first-order chi connectivity index (χ1) is 20.5. The molecule has 0 aliphatic carbocycles. The standard InChI is InChI=1S/C35H41NO7/c1-22-8-7-9-27(14-22)20-43-32-17-31(23(2)15-29(32)18-36-35(6,21-37)34(38)39)42-19-24(3)25(4)26(5)28-10-11-30-33(16-28)41-13-12-40-30/h7-11,14-17,36-37H,5,12-13,18-21H2,1-4,6H3,(H,38,39). The zero-order chi connectivity index (χ0) is 31.1. The van der Waals surface area contributed by atoms with Crippen molar-refractivity contribution in [3.05, 3.63) is 100 Å². The number of benzene rings is 3. The Hall–Kier alpha value is -4.27. The van der Waals surface area contributed by atoms with Crippen LogP contribution in [0.1, 0.15) is 48.6 Å². The van der Waals surface area contributed by atoms with Crippen molar-refractivity contribution in [2.24, 2.45) is 0 Å². The Morgan fingerprint density at radius 3 is 2.44 bits per heavy atom. The maximum atomic E-state index is 11.7. The van der Waals surface area contributed by atoms with Crippen molar-refractivity contribution in [2.45, 2.75) is 53.3 Å². The van der Waals surface area contributed by atoms with Crippen molar-refractivity contribution < 1.29 is 34.0 Å². The van der Waals surface area contributed by atoms with Crippen LogP contribution >= 0.6 is 0 Å². The van der Waals surface area contributed by atoms with Gasteiger partial charge in [-0.3, -0.25) is 10.1 Å². The SMILES string of the molecule is C=C(C(C)=C(C)COc1cc(OCc2cccc(C)c2)c(CNC(C)(CO)C(=O)O)cc1C)c1ccc2c(c1)OCCO2. The topological polar surface area (TPSA) is 106 Å². The molecule has 0 spiro atoms. The fourth-order valence-electron chi connectivity index (χ4n) is 4.61. The second kappa shape index (κ2) is 13.8. The number of hydrogen-bond donors (Lipinski definition) is 3. The first-order valence-corrected chi connectivity index (χ1v) is 14.3. The average Bonchev–Trinajstić information content (AvgIpc) is 3.01. The highest BCUT2D eigenvalue weighted by Crippen LogP contribution is 2.35. The number of nitrogens with one attached hydrogen (secondary N) is 1. The fourth-order valence-corrected chi connectivity index (χ4v) is 4.61. The van der Waals surface area contributed by atoms with E-state index < -0.39 is 18.1 Å². The Kier molecular flexibility index (Phi) is 10.2. The van der Waals surface area contributed by atoms with Crippen LogP contribution in [0.2, 0.25) is 0 Å². The Morgan fingerprint density at radius 2 is 1.74 bits per heavy atom. The number of carboxylic acid groups (broad SMARTS) is 1. The lowest BCUT2D eigenvalue weighted by Crippen LogP contribution is -2.52. The Bertz CT molecular complexity index is 1530. The third-order valence-corrected chi connectivity index (χ3v) is 7.72. The van der Waals surface area contributed by atoms with Crippen molar-refractivity contribution in [1.82, 2.24) is 5.32 Å². The second-order valence-corrected chi connectivity index (χ2v) is 11.2. The van der Waals surface area contributed by atoms with Crippen molar-refractivity contribution >= 4 is 11.5 Å². The smallest absolute Gasteiger partial charge is 0.326 e. The summed E-state index contributed by atoms with van der Waals surface area (Å²) in [5.41, 5.74) is 6.16. The molecule has 0 amide bonds. The monoisotopic (exact) mass is 587 g/mol. The lowest BCUT2D eigenvalue weighted by atomic mass is 9.97. The summed E-state index contributed by atoms with van der Waals surface area (Å²) < 4.78 is 23.9. The van der Waals surface area contributed by atoms with Crippen molar-refractivity contribution in [3.63, 3.8) is 0 Å². The van der Waals surface area contributed by atoms with Crippen LogP contribution in [0, 0.1) is 13.8 Å². The van der Waals surface area contributed by atoms with E-state index >= 15 is 0 Å². The summed E-state index contributed by atoms with van der Waals surface area (Å²) in [4.78, 5) is 11.7. The van der Waals surface area contributed by atoms with Gasteiger partial charge in [0.15, 0.2) is 11.5 Å². The van der Waals surface area contributed by atoms with E-state index in [-0.39, 0.29) is 6.54 Å². The number of ether oxygens (including phenoxy) is 4. The van der Waals surface area contributed by atoms with E-state index in [1.54, 1.807) is 0 Å². The first-order valence-electron chi connectivity index (χ1n) is 14.3. The summed E-state index contributed by atoms with van der Waals surface area (Å²) >= 11 is 0. The van der Waals surface area contributed by atoms with Gasteiger partial charge >= 0.3 is 5.97 Å². The quantitative estimate of drug-likeness (QED) is 0.209. The molecule has 1 heterocycles. The largest absolute Gasteiger partial charge is 0.489 e. The number of allylic oxidation sites excluding steroid dienone is 2. The van der Waals surface area contributed by atoms with E-state index in [2.05, 4.69) is 18.0 Å². The molecule has 0 saturated heterocycles. The number of rotatable bonds is 13. The first kappa shape index (κ1) is 31.7. The number of carboxylic acids is 1. The molecule has 3 aromatic rings. The van der Waals surface area contributed by atoms with Gasteiger partial charge in [0, 0.05) is 18.2 Å². The Morgan fingerprint density at radius 1 is 1.00 bits per heavy atom. The molecule has 0 saturated carbocycles. The molecule has 1 aliphatic heterocycles. The van der Waals surface area contributed by atoms with Gasteiger partial charge < -0.3 is 29.2 Å². The minimum atomic E-state index is -1.49. The number of aryl methyl sites for hydroxylation is 2. The maximum Gasteiger partial charge on any atom is 0.326 e. The van der Waals surface area contributed by atoms with Gasteiger partial charge in [0.1, 0.15) is 43.5 Å². The molecular weight excluding hydrogens is 546 g/mol. The molecule has 8 nitrogen and oxygen atoms in total. The van der Waals surface area contributed by atoms with Crippen LogP contribution < -0.4 is 24.3 Å². The molecule has 1 unspecified atom stereocenters. The van der Waals surface area contributed by atoms with Crippen molar-refractivity contribution in [3.8, 4) is 23.0 Å². The molecular formula is C35H41NO7. The normalized spacial score (nSPS) is 14.4. The molecule has 3 N–H and O–H groups in total.